The van der Waals surface area contributed by atoms with Crippen LogP contribution in [0.5, 0.6) is 0 Å². The first-order chi connectivity index (χ1) is 11.3. The van der Waals surface area contributed by atoms with Crippen LogP contribution < -0.4 is 10.6 Å². The zero-order valence-electron chi connectivity index (χ0n) is 13.0. The summed E-state index contributed by atoms with van der Waals surface area (Å²) in [4.78, 5) is 13.4. The van der Waals surface area contributed by atoms with E-state index < -0.39 is 0 Å². The molecule has 0 saturated carbocycles. The third-order valence-electron chi connectivity index (χ3n) is 3.50. The van der Waals surface area contributed by atoms with Crippen LogP contribution in [0.3, 0.4) is 0 Å². The summed E-state index contributed by atoms with van der Waals surface area (Å²) >= 11 is 0. The lowest BCUT2D eigenvalue weighted by molar-refractivity contribution is 0.311. The molecular weight excluding hydrogens is 292 g/mol. The first-order valence-electron chi connectivity index (χ1n) is 7.67. The van der Waals surface area contributed by atoms with E-state index in [1.165, 1.54) is 5.56 Å². The lowest BCUT2D eigenvalue weighted by atomic mass is 10.2. The summed E-state index contributed by atoms with van der Waals surface area (Å²) in [5.74, 6) is 1.17. The Morgan fingerprint density at radius 2 is 1.96 bits per heavy atom. The Kier molecular flexibility index (Phi) is 4.68. The molecule has 3 rings (SSSR count). The number of nitrogens with zero attached hydrogens (tertiary/aromatic N) is 4. The van der Waals surface area contributed by atoms with Gasteiger partial charge in [-0.2, -0.15) is 9.97 Å². The molecule has 1 aromatic carbocycles. The van der Waals surface area contributed by atoms with E-state index in [1.807, 2.05) is 29.7 Å². The summed E-state index contributed by atoms with van der Waals surface area (Å²) in [6, 6.07) is 10.1. The Balaban J connectivity index is 1.91. The molecule has 7 nitrogen and oxygen atoms in total. The minimum Gasteiger partial charge on any atom is -0.395 e. The number of nitrogens with one attached hydrogen (secondary N) is 2. The van der Waals surface area contributed by atoms with Crippen molar-refractivity contribution in [3.63, 3.8) is 0 Å². The number of fused-ring (bicyclic) bond motifs is 1. The fourth-order valence-corrected chi connectivity index (χ4v) is 2.33. The quantitative estimate of drug-likeness (QED) is 0.617. The van der Waals surface area contributed by atoms with Crippen LogP contribution in [0.2, 0.25) is 0 Å². The maximum Gasteiger partial charge on any atom is 0.226 e. The molecule has 120 valence electrons. The van der Waals surface area contributed by atoms with Crippen LogP contribution >= 0.6 is 0 Å². The molecule has 0 amide bonds. The van der Waals surface area contributed by atoms with E-state index in [1.54, 1.807) is 6.33 Å². The molecule has 23 heavy (non-hydrogen) atoms. The van der Waals surface area contributed by atoms with Gasteiger partial charge in [0.1, 0.15) is 0 Å². The number of benzene rings is 1. The maximum absolute atomic E-state index is 8.97. The molecule has 7 heteroatoms. The van der Waals surface area contributed by atoms with Crippen LogP contribution in [-0.4, -0.2) is 37.8 Å². The number of aliphatic hydroxyl groups excluding tert-OH is 1. The highest BCUT2D eigenvalue weighted by Crippen LogP contribution is 2.21. The maximum atomic E-state index is 8.97. The van der Waals surface area contributed by atoms with Gasteiger partial charge in [-0.05, 0) is 12.5 Å². The second-order valence-electron chi connectivity index (χ2n) is 5.09. The van der Waals surface area contributed by atoms with Gasteiger partial charge in [0.2, 0.25) is 5.95 Å². The van der Waals surface area contributed by atoms with Crippen molar-refractivity contribution in [1.82, 2.24) is 19.5 Å². The molecule has 3 N–H and O–H groups in total. The van der Waals surface area contributed by atoms with Gasteiger partial charge in [0.15, 0.2) is 17.0 Å². The van der Waals surface area contributed by atoms with E-state index in [2.05, 4.69) is 37.7 Å². The van der Waals surface area contributed by atoms with Crippen LogP contribution in [0.1, 0.15) is 12.5 Å². The average molecular weight is 312 g/mol. The normalized spacial score (nSPS) is 10.9. The molecular formula is C16H20N6O. The molecule has 0 spiro atoms. The summed E-state index contributed by atoms with van der Waals surface area (Å²) in [7, 11) is 0. The molecule has 2 aromatic heterocycles. The Hall–Kier alpha value is -2.67. The van der Waals surface area contributed by atoms with Crippen LogP contribution in [0.4, 0.5) is 11.8 Å². The molecule has 0 saturated heterocycles. The highest BCUT2D eigenvalue weighted by Gasteiger charge is 2.12. The standard InChI is InChI=1S/C16H20N6O/c1-2-22-11-19-13-14(18-10-12-6-4-3-5-7-12)20-16(17-8-9-23)21-15(13)22/h3-7,11,23H,2,8-10H2,1H3,(H2,17,18,20,21). The van der Waals surface area contributed by atoms with Crippen molar-refractivity contribution < 1.29 is 5.11 Å². The SMILES string of the molecule is CCn1cnc2c(NCc3ccccc3)nc(NCCO)nc21. The Labute approximate surface area is 134 Å². The van der Waals surface area contributed by atoms with Gasteiger partial charge < -0.3 is 20.3 Å². The number of anilines is 2. The van der Waals surface area contributed by atoms with Crippen LogP contribution in [0.25, 0.3) is 11.2 Å². The molecule has 0 aliphatic heterocycles. The number of aliphatic hydroxyl groups is 1. The van der Waals surface area contributed by atoms with Gasteiger partial charge in [0.25, 0.3) is 0 Å². The van der Waals surface area contributed by atoms with Crippen molar-refractivity contribution in [2.24, 2.45) is 0 Å². The molecule has 0 aliphatic rings. The summed E-state index contributed by atoms with van der Waals surface area (Å²) < 4.78 is 1.97. The fourth-order valence-electron chi connectivity index (χ4n) is 2.33. The van der Waals surface area contributed by atoms with Gasteiger partial charge in [-0.25, -0.2) is 4.98 Å². The molecule has 0 atom stereocenters. The van der Waals surface area contributed by atoms with Gasteiger partial charge in [0.05, 0.1) is 12.9 Å². The number of hydrogen-bond donors (Lipinski definition) is 3. The molecule has 0 aliphatic carbocycles. The number of rotatable bonds is 7. The molecule has 0 bridgehead atoms. The second-order valence-corrected chi connectivity index (χ2v) is 5.09. The zero-order chi connectivity index (χ0) is 16.1. The van der Waals surface area contributed by atoms with Gasteiger partial charge in [0, 0.05) is 19.6 Å². The third kappa shape index (κ3) is 3.40. The Morgan fingerprint density at radius 1 is 1.13 bits per heavy atom. The van der Waals surface area contributed by atoms with Gasteiger partial charge in [-0.3, -0.25) is 0 Å². The topological polar surface area (TPSA) is 87.9 Å². The smallest absolute Gasteiger partial charge is 0.226 e. The molecule has 0 fully saturated rings. The average Bonchev–Trinajstić information content (AvgIpc) is 3.02. The van der Waals surface area contributed by atoms with E-state index in [9.17, 15) is 0 Å². The predicted molar refractivity (Wildman–Crippen MR) is 90.3 cm³/mol. The van der Waals surface area contributed by atoms with E-state index in [0.29, 0.717) is 24.9 Å². The van der Waals surface area contributed by atoms with Crippen LogP contribution in [-0.2, 0) is 13.1 Å². The summed E-state index contributed by atoms with van der Waals surface area (Å²) in [6.07, 6.45) is 1.77. The first kappa shape index (κ1) is 15.2. The lowest BCUT2D eigenvalue weighted by Crippen LogP contribution is -2.11. The van der Waals surface area contributed by atoms with Crippen LogP contribution in [0.15, 0.2) is 36.7 Å². The number of aryl methyl sites for hydroxylation is 1. The lowest BCUT2D eigenvalue weighted by Gasteiger charge is -2.10. The minimum absolute atomic E-state index is 0.0290. The Bertz CT molecular complexity index is 771. The van der Waals surface area contributed by atoms with Crippen molar-refractivity contribution >= 4 is 22.9 Å². The molecule has 2 heterocycles. The summed E-state index contributed by atoms with van der Waals surface area (Å²) in [5.41, 5.74) is 2.69. The number of aromatic nitrogens is 4. The largest absolute Gasteiger partial charge is 0.395 e. The van der Waals surface area contributed by atoms with Gasteiger partial charge >= 0.3 is 0 Å². The van der Waals surface area contributed by atoms with Crippen molar-refractivity contribution in [3.05, 3.63) is 42.2 Å². The third-order valence-corrected chi connectivity index (χ3v) is 3.50. The monoisotopic (exact) mass is 312 g/mol. The molecule has 0 radical (unpaired) electrons. The number of hydrogen-bond acceptors (Lipinski definition) is 6. The van der Waals surface area contributed by atoms with Crippen molar-refractivity contribution in [2.45, 2.75) is 20.0 Å². The predicted octanol–water partition coefficient (Wildman–Crippen LogP) is 1.86. The number of imidazole rings is 1. The zero-order valence-corrected chi connectivity index (χ0v) is 13.0. The van der Waals surface area contributed by atoms with E-state index in [4.69, 9.17) is 5.11 Å². The van der Waals surface area contributed by atoms with E-state index >= 15 is 0 Å². The first-order valence-corrected chi connectivity index (χ1v) is 7.67. The van der Waals surface area contributed by atoms with Gasteiger partial charge in [-0.15, -0.1) is 0 Å². The van der Waals surface area contributed by atoms with Crippen molar-refractivity contribution in [1.29, 1.82) is 0 Å². The highest BCUT2D eigenvalue weighted by atomic mass is 16.3. The second kappa shape index (κ2) is 7.06. The van der Waals surface area contributed by atoms with E-state index in [-0.39, 0.29) is 6.61 Å². The molecule has 3 aromatic rings. The van der Waals surface area contributed by atoms with E-state index in [0.717, 1.165) is 17.7 Å². The Morgan fingerprint density at radius 3 is 2.70 bits per heavy atom. The van der Waals surface area contributed by atoms with Crippen molar-refractivity contribution in [2.75, 3.05) is 23.8 Å². The highest BCUT2D eigenvalue weighted by molar-refractivity contribution is 5.84. The van der Waals surface area contributed by atoms with Crippen molar-refractivity contribution in [3.8, 4) is 0 Å². The fraction of sp³-hybridized carbons (Fsp3) is 0.312. The summed E-state index contributed by atoms with van der Waals surface area (Å²) in [5, 5.41) is 15.3. The summed E-state index contributed by atoms with van der Waals surface area (Å²) in [6.45, 7) is 3.92. The molecule has 0 unspecified atom stereocenters. The minimum atomic E-state index is 0.0290. The van der Waals surface area contributed by atoms with Gasteiger partial charge in [-0.1, -0.05) is 30.3 Å². The van der Waals surface area contributed by atoms with Crippen LogP contribution in [0, 0.1) is 0 Å².